The lowest BCUT2D eigenvalue weighted by Gasteiger charge is -2.30. The van der Waals surface area contributed by atoms with Gasteiger partial charge in [-0.15, -0.1) is 0 Å². The first-order valence-electron chi connectivity index (χ1n) is 24.3. The van der Waals surface area contributed by atoms with Gasteiger partial charge in [0.1, 0.15) is 48.0 Å². The molecule has 414 valence electrons. The fourth-order valence-electron chi connectivity index (χ4n) is 7.19. The van der Waals surface area contributed by atoms with Crippen molar-refractivity contribution in [3.63, 3.8) is 0 Å². The number of carbonyl (C=O) groups is 12. The number of rotatable bonds is 34. The molecule has 0 heterocycles. The number of nitrogens with one attached hydrogen (secondary N) is 8. The summed E-state index contributed by atoms with van der Waals surface area (Å²) in [7, 11) is 0. The molecule has 0 bridgehead atoms. The van der Waals surface area contributed by atoms with Gasteiger partial charge < -0.3 is 73.8 Å². The molecule has 0 saturated heterocycles. The molecule has 1 rings (SSSR count). The van der Waals surface area contributed by atoms with E-state index < -0.39 is 170 Å². The maximum Gasteiger partial charge on any atom is 0.326 e. The number of aliphatic carboxylic acids is 4. The SMILES string of the molecule is CC[C@H](C)[C@H](NC(=O)[C@H](CCC(=O)O)NC(=O)[C@H](CC(=O)O)NC(=O)CNC(=O)[C@H](CC(C)C)NC(=O)[C@@H](N)Cc1ccc(O)cc1)C(=O)N[C@@H](CC(C)C)C(=O)N[C@@H](CCC(=O)O)C(=O)N[C@H](C(=O)O)C(C)C. The molecule has 0 fully saturated rings. The minimum atomic E-state index is -1.91. The van der Waals surface area contributed by atoms with E-state index in [1.54, 1.807) is 53.7 Å². The highest BCUT2D eigenvalue weighted by Gasteiger charge is 2.36. The summed E-state index contributed by atoms with van der Waals surface area (Å²) < 4.78 is 0. The summed E-state index contributed by atoms with van der Waals surface area (Å²) in [5.41, 5.74) is 6.71. The van der Waals surface area contributed by atoms with Crippen LogP contribution in [0.1, 0.15) is 112 Å². The lowest BCUT2D eigenvalue weighted by atomic mass is 9.96. The predicted molar refractivity (Wildman–Crippen MR) is 263 cm³/mol. The summed E-state index contributed by atoms with van der Waals surface area (Å²) >= 11 is 0. The van der Waals surface area contributed by atoms with Crippen molar-refractivity contribution in [1.82, 2.24) is 42.5 Å². The van der Waals surface area contributed by atoms with Crippen LogP contribution in [0, 0.1) is 23.7 Å². The molecule has 26 nitrogen and oxygen atoms in total. The molecule has 0 aliphatic rings. The van der Waals surface area contributed by atoms with E-state index in [4.69, 9.17) is 5.73 Å². The molecule has 0 aliphatic carbocycles. The molecule has 0 aliphatic heterocycles. The summed E-state index contributed by atoms with van der Waals surface area (Å²) in [6.45, 7) is 12.4. The largest absolute Gasteiger partial charge is 0.508 e. The third-order valence-electron chi connectivity index (χ3n) is 11.4. The number of carboxylic acids is 4. The Morgan fingerprint density at radius 2 is 0.946 bits per heavy atom. The van der Waals surface area contributed by atoms with E-state index in [0.717, 1.165) is 0 Å². The maximum atomic E-state index is 14.0. The Morgan fingerprint density at radius 1 is 0.514 bits per heavy atom. The summed E-state index contributed by atoms with van der Waals surface area (Å²) in [6.07, 6.45) is -3.11. The number of phenolic OH excluding ortho intramolecular Hbond substituents is 1. The van der Waals surface area contributed by atoms with Crippen molar-refractivity contribution in [2.24, 2.45) is 29.4 Å². The van der Waals surface area contributed by atoms with E-state index in [1.165, 1.54) is 26.0 Å². The Balaban J connectivity index is 3.33. The minimum Gasteiger partial charge on any atom is -0.508 e. The smallest absolute Gasteiger partial charge is 0.326 e. The van der Waals surface area contributed by atoms with Crippen molar-refractivity contribution < 1.29 is 83.1 Å². The van der Waals surface area contributed by atoms with Crippen LogP contribution < -0.4 is 48.3 Å². The van der Waals surface area contributed by atoms with Crippen LogP contribution in [-0.4, -0.2) is 152 Å². The topological polar surface area (TPSA) is 428 Å². The number of carbonyl (C=O) groups excluding carboxylic acids is 8. The molecule has 26 heteroatoms. The zero-order chi connectivity index (χ0) is 56.6. The van der Waals surface area contributed by atoms with Crippen LogP contribution in [0.15, 0.2) is 24.3 Å². The van der Waals surface area contributed by atoms with Gasteiger partial charge in [-0.3, -0.25) is 52.7 Å². The van der Waals surface area contributed by atoms with Crippen LogP contribution in [0.3, 0.4) is 0 Å². The van der Waals surface area contributed by atoms with Crippen LogP contribution >= 0.6 is 0 Å². The van der Waals surface area contributed by atoms with Crippen LogP contribution in [0.2, 0.25) is 0 Å². The second-order valence-corrected chi connectivity index (χ2v) is 19.2. The van der Waals surface area contributed by atoms with E-state index in [-0.39, 0.29) is 43.3 Å². The number of phenols is 1. The van der Waals surface area contributed by atoms with E-state index in [1.807, 2.05) is 0 Å². The van der Waals surface area contributed by atoms with Crippen molar-refractivity contribution in [1.29, 1.82) is 0 Å². The zero-order valence-electron chi connectivity index (χ0n) is 43.0. The Morgan fingerprint density at radius 3 is 1.38 bits per heavy atom. The zero-order valence-corrected chi connectivity index (χ0v) is 43.0. The van der Waals surface area contributed by atoms with Crippen LogP contribution in [-0.2, 0) is 64.0 Å². The van der Waals surface area contributed by atoms with Crippen molar-refractivity contribution in [3.8, 4) is 5.75 Å². The first kappa shape index (κ1) is 64.6. The number of benzene rings is 1. The van der Waals surface area contributed by atoms with E-state index in [2.05, 4.69) is 42.5 Å². The number of aromatic hydroxyl groups is 1. The van der Waals surface area contributed by atoms with Crippen molar-refractivity contribution in [3.05, 3.63) is 29.8 Å². The fraction of sp³-hybridized carbons (Fsp3) is 0.625. The third kappa shape index (κ3) is 24.4. The van der Waals surface area contributed by atoms with Crippen molar-refractivity contribution in [2.45, 2.75) is 162 Å². The molecule has 1 aromatic rings. The quantitative estimate of drug-likeness (QED) is 0.0388. The van der Waals surface area contributed by atoms with Gasteiger partial charge in [0.15, 0.2) is 0 Å². The van der Waals surface area contributed by atoms with Gasteiger partial charge in [-0.25, -0.2) is 4.79 Å². The maximum absolute atomic E-state index is 14.0. The summed E-state index contributed by atoms with van der Waals surface area (Å²) in [5, 5.41) is 66.6. The summed E-state index contributed by atoms with van der Waals surface area (Å²) in [5.74, 6) is -15.3. The second kappa shape index (κ2) is 31.9. The molecule has 0 radical (unpaired) electrons. The first-order chi connectivity index (χ1) is 34.4. The van der Waals surface area contributed by atoms with Gasteiger partial charge >= 0.3 is 23.9 Å². The Bertz CT molecular complexity index is 2140. The van der Waals surface area contributed by atoms with Gasteiger partial charge in [0.05, 0.1) is 19.0 Å². The Kier molecular flexibility index (Phi) is 27.9. The molecule has 9 atom stereocenters. The predicted octanol–water partition coefficient (Wildman–Crippen LogP) is -1.15. The minimum absolute atomic E-state index is 0.00896. The molecular formula is C48H75N9O17. The van der Waals surface area contributed by atoms with E-state index in [0.29, 0.717) is 5.56 Å². The average Bonchev–Trinajstić information content (AvgIpc) is 3.30. The Hall–Kier alpha value is -7.38. The highest BCUT2D eigenvalue weighted by atomic mass is 16.4. The average molecular weight is 1050 g/mol. The van der Waals surface area contributed by atoms with Gasteiger partial charge in [0.25, 0.3) is 0 Å². The Labute approximate surface area is 428 Å². The standard InChI is InChI=1S/C48H75N9O17/c1-9-26(8)40(47(72)55-33(19-24(4)5)45(70)52-30(14-16-36(60)61)43(68)56-39(25(6)7)48(73)74)57-44(69)31(15-17-37(62)63)53-46(71)34(21-38(64)65)51-35(59)22-50-42(67)32(18-23(2)3)54-41(66)29(49)20-27-10-12-28(58)13-11-27/h10-13,23-26,29-34,39-40,58H,9,14-22,49H2,1-8H3,(H,50,67)(H,51,59)(H,52,70)(H,53,71)(H,54,66)(H,55,72)(H,56,68)(H,57,69)(H,60,61)(H,62,63)(H,64,65)(H,73,74)/t26-,29-,30-,31-,32-,33-,34-,39-,40-/m0/s1. The molecule has 74 heavy (non-hydrogen) atoms. The molecule has 0 unspecified atom stereocenters. The molecule has 1 aromatic carbocycles. The van der Waals surface area contributed by atoms with Crippen molar-refractivity contribution >= 4 is 71.1 Å². The molecular weight excluding hydrogens is 975 g/mol. The number of hydrogen-bond acceptors (Lipinski definition) is 14. The normalized spacial score (nSPS) is 14.8. The highest BCUT2D eigenvalue weighted by molar-refractivity contribution is 5.98. The first-order valence-corrected chi connectivity index (χ1v) is 24.3. The number of nitrogens with two attached hydrogens (primary N) is 1. The molecule has 15 N–H and O–H groups in total. The molecule has 8 amide bonds. The summed E-state index contributed by atoms with van der Waals surface area (Å²) in [6, 6.07) is -5.84. The lowest BCUT2D eigenvalue weighted by molar-refractivity contribution is -0.144. The highest BCUT2D eigenvalue weighted by Crippen LogP contribution is 2.15. The van der Waals surface area contributed by atoms with Gasteiger partial charge in [-0.2, -0.15) is 0 Å². The van der Waals surface area contributed by atoms with Gasteiger partial charge in [0, 0.05) is 12.8 Å². The van der Waals surface area contributed by atoms with Crippen LogP contribution in [0.25, 0.3) is 0 Å². The molecule has 0 saturated carbocycles. The lowest BCUT2D eigenvalue weighted by Crippen LogP contribution is -2.61. The summed E-state index contributed by atoms with van der Waals surface area (Å²) in [4.78, 5) is 155. The van der Waals surface area contributed by atoms with Crippen LogP contribution in [0.4, 0.5) is 0 Å². The molecule has 0 aromatic heterocycles. The number of carboxylic acid groups (broad SMARTS) is 4. The second-order valence-electron chi connectivity index (χ2n) is 19.2. The third-order valence-corrected chi connectivity index (χ3v) is 11.4. The molecule has 0 spiro atoms. The fourth-order valence-corrected chi connectivity index (χ4v) is 7.19. The van der Waals surface area contributed by atoms with Crippen LogP contribution in [0.5, 0.6) is 5.75 Å². The van der Waals surface area contributed by atoms with Gasteiger partial charge in [-0.1, -0.05) is 73.9 Å². The van der Waals surface area contributed by atoms with E-state index in [9.17, 15) is 83.1 Å². The van der Waals surface area contributed by atoms with E-state index >= 15 is 0 Å². The number of amides is 8. The monoisotopic (exact) mass is 1050 g/mol. The van der Waals surface area contributed by atoms with Crippen molar-refractivity contribution in [2.75, 3.05) is 6.54 Å². The number of hydrogen-bond donors (Lipinski definition) is 14. The van der Waals surface area contributed by atoms with Gasteiger partial charge in [-0.05, 0) is 73.5 Å². The van der Waals surface area contributed by atoms with Gasteiger partial charge in [0.2, 0.25) is 47.3 Å².